The molecule has 2 aromatic carbocycles. The zero-order valence-corrected chi connectivity index (χ0v) is 29.4. The number of unbranched alkanes of at least 4 members (excludes halogenated alkanes) is 7. The molecule has 0 aromatic heterocycles. The summed E-state index contributed by atoms with van der Waals surface area (Å²) in [5.41, 5.74) is 21.6. The van der Waals surface area contributed by atoms with Crippen LogP contribution in [0.25, 0.3) is 16.9 Å². The molecule has 3 rings (SSSR count). The summed E-state index contributed by atoms with van der Waals surface area (Å²) in [4.78, 5) is 0. The van der Waals surface area contributed by atoms with Gasteiger partial charge in [0.25, 0.3) is 0 Å². The smallest absolute Gasteiger partial charge is 0.493 e. The summed E-state index contributed by atoms with van der Waals surface area (Å²) in [7, 11) is 0. The third-order valence-corrected chi connectivity index (χ3v) is 7.74. The van der Waals surface area contributed by atoms with Crippen molar-refractivity contribution in [2.24, 2.45) is 0 Å². The van der Waals surface area contributed by atoms with Gasteiger partial charge in [-0.25, -0.2) is 4.70 Å². The minimum atomic E-state index is 0. The third-order valence-electron chi connectivity index (χ3n) is 7.74. The van der Waals surface area contributed by atoms with Crippen molar-refractivity contribution >= 4 is 11.4 Å². The van der Waals surface area contributed by atoms with E-state index in [1.807, 2.05) is 0 Å². The molecule has 2 nitrogen and oxygen atoms in total. The standard InChI is InChI=1S/C35H50N2.2C2H5.Pd/c1-5-9-13-18-28-23-25-30(26-24-28)34-32(21-14-10-6-2)33(22-15-11-7-3)35(37(34)36)31-20-16-19-29(27-31)17-12-8-4;2*1-2;/h16,19-20,23-27H,5-15,17-18,21-22H2,1-4H3;2*1H2,2H3;/q;2*-1;+2. The normalized spacial score (nSPS) is 12.4. The van der Waals surface area contributed by atoms with E-state index in [0.717, 1.165) is 48.2 Å². The average Bonchev–Trinajstić information content (AvgIpc) is 3.29. The Morgan fingerprint density at radius 3 is 1.48 bits per heavy atom. The van der Waals surface area contributed by atoms with Crippen LogP contribution in [0.1, 0.15) is 147 Å². The maximum absolute atomic E-state index is 11.8. The molecule has 2 aromatic rings. The molecular formula is C39H60N2Pd. The number of nitrogens with zero attached hydrogens (tertiary/aromatic N) is 2. The van der Waals surface area contributed by atoms with Gasteiger partial charge in [0.05, 0.1) is 0 Å². The Bertz CT molecular complexity index is 1060. The third kappa shape index (κ3) is 12.4. The molecule has 1 aliphatic heterocycles. The first-order chi connectivity index (χ1) is 20.1. The molecule has 0 saturated carbocycles. The molecule has 1 heterocycles. The van der Waals surface area contributed by atoms with Crippen LogP contribution >= 0.6 is 0 Å². The molecule has 0 saturated heterocycles. The van der Waals surface area contributed by atoms with E-state index in [9.17, 15) is 5.53 Å². The molecule has 0 aliphatic carbocycles. The van der Waals surface area contributed by atoms with E-state index in [1.54, 1.807) is 18.5 Å². The first-order valence-electron chi connectivity index (χ1n) is 16.7. The number of allylic oxidation sites excluding steroid dienone is 2. The predicted octanol–water partition coefficient (Wildman–Crippen LogP) is 12.8. The molecule has 0 amide bonds. The minimum Gasteiger partial charge on any atom is -0.493 e. The van der Waals surface area contributed by atoms with Gasteiger partial charge in [-0.3, -0.25) is 0 Å². The van der Waals surface area contributed by atoms with Crippen molar-refractivity contribution in [3.63, 3.8) is 0 Å². The van der Waals surface area contributed by atoms with Crippen LogP contribution in [0.5, 0.6) is 0 Å². The van der Waals surface area contributed by atoms with E-state index in [-0.39, 0.29) is 20.4 Å². The van der Waals surface area contributed by atoms with E-state index in [2.05, 4.69) is 90.1 Å². The summed E-state index contributed by atoms with van der Waals surface area (Å²) < 4.78 is 1.55. The fourth-order valence-electron chi connectivity index (χ4n) is 5.55. The Morgan fingerprint density at radius 1 is 0.524 bits per heavy atom. The quantitative estimate of drug-likeness (QED) is 0.0697. The van der Waals surface area contributed by atoms with Gasteiger partial charge >= 0.3 is 20.4 Å². The number of benzene rings is 2. The SMILES string of the molecule is CCCCCC1=C(c2ccc(CCCCC)cc2)[N+](=[N-])C(c2cccc(CCCC)c2)=C1CCCCC.[CH2-]C.[CH2-]C.[Pd+2]. The van der Waals surface area contributed by atoms with Crippen LogP contribution in [-0.2, 0) is 33.3 Å². The summed E-state index contributed by atoms with van der Waals surface area (Å²) in [6.45, 7) is 19.0. The summed E-state index contributed by atoms with van der Waals surface area (Å²) in [5, 5.41) is 0. The van der Waals surface area contributed by atoms with E-state index >= 15 is 0 Å². The van der Waals surface area contributed by atoms with Gasteiger partial charge in [0.2, 0.25) is 11.4 Å². The van der Waals surface area contributed by atoms with Gasteiger partial charge in [-0.15, -0.1) is 0 Å². The Balaban J connectivity index is 0.00000322. The molecule has 0 atom stereocenters. The Kier molecular flexibility index (Phi) is 23.5. The van der Waals surface area contributed by atoms with Crippen LogP contribution in [0.4, 0.5) is 0 Å². The van der Waals surface area contributed by atoms with Crippen LogP contribution in [0.2, 0.25) is 0 Å². The van der Waals surface area contributed by atoms with Crippen molar-refractivity contribution in [2.45, 2.75) is 138 Å². The van der Waals surface area contributed by atoms with E-state index < -0.39 is 0 Å². The topological polar surface area (TPSA) is 25.3 Å². The maximum atomic E-state index is 11.8. The molecule has 0 bridgehead atoms. The van der Waals surface area contributed by atoms with Crippen LogP contribution in [0.15, 0.2) is 59.7 Å². The second-order valence-corrected chi connectivity index (χ2v) is 10.8. The van der Waals surface area contributed by atoms with Crippen LogP contribution in [0, 0.1) is 13.8 Å². The van der Waals surface area contributed by atoms with Gasteiger partial charge in [-0.1, -0.05) is 96.9 Å². The number of hydrogen-bond donors (Lipinski definition) is 0. The predicted molar refractivity (Wildman–Crippen MR) is 183 cm³/mol. The zero-order valence-electron chi connectivity index (χ0n) is 27.9. The van der Waals surface area contributed by atoms with Gasteiger partial charge in [0.1, 0.15) is 0 Å². The minimum absolute atomic E-state index is 0. The van der Waals surface area contributed by atoms with Crippen molar-refractivity contribution in [3.05, 3.63) is 101 Å². The van der Waals surface area contributed by atoms with Crippen LogP contribution < -0.4 is 0 Å². The Morgan fingerprint density at radius 2 is 0.976 bits per heavy atom. The molecule has 0 unspecified atom stereocenters. The molecule has 42 heavy (non-hydrogen) atoms. The molecule has 1 aliphatic rings. The molecular weight excluding hydrogens is 603 g/mol. The molecule has 236 valence electrons. The van der Waals surface area contributed by atoms with Gasteiger partial charge in [-0.2, -0.15) is 13.8 Å². The van der Waals surface area contributed by atoms with Gasteiger partial charge in [0.15, 0.2) is 0 Å². The van der Waals surface area contributed by atoms with E-state index in [1.165, 1.54) is 92.9 Å². The summed E-state index contributed by atoms with van der Waals surface area (Å²) in [6, 6.07) is 17.9. The number of rotatable bonds is 17. The van der Waals surface area contributed by atoms with E-state index in [0.29, 0.717) is 0 Å². The molecule has 0 spiro atoms. The average molecular weight is 663 g/mol. The number of hydrogen-bond acceptors (Lipinski definition) is 0. The number of aryl methyl sites for hydroxylation is 2. The van der Waals surface area contributed by atoms with Crippen LogP contribution in [0.3, 0.4) is 0 Å². The van der Waals surface area contributed by atoms with Crippen molar-refractivity contribution in [1.82, 2.24) is 0 Å². The van der Waals surface area contributed by atoms with Gasteiger partial charge in [-0.05, 0) is 86.8 Å². The molecule has 0 fully saturated rings. The second-order valence-electron chi connectivity index (χ2n) is 10.8. The summed E-state index contributed by atoms with van der Waals surface area (Å²) >= 11 is 0. The molecule has 3 heteroatoms. The summed E-state index contributed by atoms with van der Waals surface area (Å²) in [6.07, 6.45) is 17.7. The fraction of sp³-hybridized carbons (Fsp3) is 0.538. The van der Waals surface area contributed by atoms with Crippen molar-refractivity contribution < 1.29 is 25.1 Å². The zero-order chi connectivity index (χ0) is 30.5. The van der Waals surface area contributed by atoms with Crippen molar-refractivity contribution in [1.29, 1.82) is 0 Å². The van der Waals surface area contributed by atoms with Crippen molar-refractivity contribution in [2.75, 3.05) is 0 Å². The maximum Gasteiger partial charge on any atom is 2.00 e. The van der Waals surface area contributed by atoms with Gasteiger partial charge in [0, 0.05) is 22.3 Å². The Hall–Kier alpha value is -1.82. The summed E-state index contributed by atoms with van der Waals surface area (Å²) in [5.74, 6) is 0. The largest absolute Gasteiger partial charge is 2.00 e. The van der Waals surface area contributed by atoms with E-state index in [4.69, 9.17) is 0 Å². The monoisotopic (exact) mass is 662 g/mol. The molecule has 0 radical (unpaired) electrons. The first-order valence-corrected chi connectivity index (χ1v) is 16.7. The molecule has 0 N–H and O–H groups in total. The second kappa shape index (κ2) is 24.6. The fourth-order valence-corrected chi connectivity index (χ4v) is 5.55. The van der Waals surface area contributed by atoms with Gasteiger partial charge < -0.3 is 19.4 Å². The van der Waals surface area contributed by atoms with Crippen LogP contribution in [-0.4, -0.2) is 4.70 Å². The van der Waals surface area contributed by atoms with Crippen molar-refractivity contribution in [3.8, 4) is 0 Å². The Labute approximate surface area is 274 Å². The first kappa shape index (κ1) is 40.2.